The van der Waals surface area contributed by atoms with Crippen LogP contribution in [-0.2, 0) is 0 Å². The summed E-state index contributed by atoms with van der Waals surface area (Å²) in [6, 6.07) is 0.683. The van der Waals surface area contributed by atoms with Crippen molar-refractivity contribution in [1.29, 1.82) is 0 Å². The Balaban J connectivity index is 3.09. The zero-order valence-electron chi connectivity index (χ0n) is 8.62. The van der Waals surface area contributed by atoms with Crippen LogP contribution in [0.2, 0.25) is 0 Å². The number of nitrogens with zero attached hydrogens (tertiary/aromatic N) is 1. The van der Waals surface area contributed by atoms with E-state index in [0.29, 0.717) is 12.1 Å². The smallest absolute Gasteiger partial charge is 0.308 e. The van der Waals surface area contributed by atoms with Gasteiger partial charge in [-0.15, -0.1) is 0 Å². The number of nitrogens with one attached hydrogen (secondary N) is 1. The Morgan fingerprint density at radius 1 is 1.39 bits per heavy atom. The summed E-state index contributed by atoms with van der Waals surface area (Å²) >= 11 is 0. The summed E-state index contributed by atoms with van der Waals surface area (Å²) in [7, 11) is 0. The number of amides is 1. The first kappa shape index (κ1) is 13.9. The van der Waals surface area contributed by atoms with E-state index >= 15 is 0 Å². The van der Waals surface area contributed by atoms with Crippen LogP contribution in [0.5, 0.6) is 0 Å². The molecule has 0 aliphatic rings. The number of nitro groups is 1. The van der Waals surface area contributed by atoms with E-state index in [-0.39, 0.29) is 0 Å². The second kappa shape index (κ2) is 5.43. The van der Waals surface area contributed by atoms with E-state index in [4.69, 9.17) is 0 Å². The van der Waals surface area contributed by atoms with Crippen molar-refractivity contribution < 1.29 is 27.3 Å². The maximum atomic E-state index is 13.4. The normalized spacial score (nSPS) is 10.5. The predicted molar refractivity (Wildman–Crippen MR) is 51.3 cm³/mol. The van der Waals surface area contributed by atoms with Gasteiger partial charge in [0.25, 0.3) is 12.3 Å². The second-order valence-electron chi connectivity index (χ2n) is 3.14. The Kier molecular flexibility index (Phi) is 4.18. The van der Waals surface area contributed by atoms with Crippen LogP contribution in [0.3, 0.4) is 0 Å². The standard InChI is InChI=1S/C9H6F4N2O3/c10-4-1-5(9(16)14-3-7(11)12)8(13)6(2-4)15(17)18/h1-2,7H,3H2,(H,14,16). The summed E-state index contributed by atoms with van der Waals surface area (Å²) in [6.07, 6.45) is -2.87. The number of alkyl halides is 2. The lowest BCUT2D eigenvalue weighted by Gasteiger charge is -2.05. The Hall–Kier alpha value is -2.19. The van der Waals surface area contributed by atoms with Gasteiger partial charge in [-0.25, -0.2) is 13.2 Å². The highest BCUT2D eigenvalue weighted by atomic mass is 19.3. The maximum absolute atomic E-state index is 13.4. The highest BCUT2D eigenvalue weighted by Crippen LogP contribution is 2.22. The molecule has 1 amide bonds. The summed E-state index contributed by atoms with van der Waals surface area (Å²) in [5.74, 6) is -4.14. The molecular weight excluding hydrogens is 260 g/mol. The third-order valence-corrected chi connectivity index (χ3v) is 1.88. The minimum absolute atomic E-state index is 0.291. The molecule has 1 N–H and O–H groups in total. The van der Waals surface area contributed by atoms with E-state index in [1.807, 2.05) is 0 Å². The van der Waals surface area contributed by atoms with E-state index in [9.17, 15) is 32.5 Å². The molecule has 0 fully saturated rings. The SMILES string of the molecule is O=C(NCC(F)F)c1cc(F)cc([N+](=O)[O-])c1F. The average molecular weight is 266 g/mol. The van der Waals surface area contributed by atoms with Gasteiger partial charge in [0.2, 0.25) is 5.82 Å². The van der Waals surface area contributed by atoms with Crippen molar-refractivity contribution in [3.63, 3.8) is 0 Å². The monoisotopic (exact) mass is 266 g/mol. The van der Waals surface area contributed by atoms with Gasteiger partial charge in [-0.3, -0.25) is 14.9 Å². The van der Waals surface area contributed by atoms with Crippen molar-refractivity contribution in [1.82, 2.24) is 5.32 Å². The van der Waals surface area contributed by atoms with Gasteiger partial charge >= 0.3 is 5.69 Å². The van der Waals surface area contributed by atoms with Crippen LogP contribution < -0.4 is 5.32 Å². The van der Waals surface area contributed by atoms with E-state index < -0.39 is 46.7 Å². The number of carbonyl (C=O) groups excluding carboxylic acids is 1. The van der Waals surface area contributed by atoms with Gasteiger partial charge < -0.3 is 5.32 Å². The van der Waals surface area contributed by atoms with Gasteiger partial charge in [0, 0.05) is 0 Å². The molecule has 0 bridgehead atoms. The van der Waals surface area contributed by atoms with Crippen LogP contribution in [0.25, 0.3) is 0 Å². The first-order chi connectivity index (χ1) is 8.32. The minimum atomic E-state index is -2.87. The third kappa shape index (κ3) is 3.15. The van der Waals surface area contributed by atoms with E-state index in [1.54, 1.807) is 5.32 Å². The van der Waals surface area contributed by atoms with Crippen molar-refractivity contribution in [2.45, 2.75) is 6.43 Å². The van der Waals surface area contributed by atoms with Gasteiger partial charge in [-0.05, 0) is 6.07 Å². The Labute approximate surface area is 97.6 Å². The van der Waals surface area contributed by atoms with Crippen LogP contribution in [0.15, 0.2) is 12.1 Å². The van der Waals surface area contributed by atoms with Gasteiger partial charge in [0.15, 0.2) is 0 Å². The highest BCUT2D eigenvalue weighted by molar-refractivity contribution is 5.95. The topological polar surface area (TPSA) is 72.2 Å². The lowest BCUT2D eigenvalue weighted by molar-refractivity contribution is -0.387. The molecule has 18 heavy (non-hydrogen) atoms. The average Bonchev–Trinajstić information content (AvgIpc) is 2.28. The molecule has 0 aliphatic carbocycles. The van der Waals surface area contributed by atoms with E-state index in [0.717, 1.165) is 0 Å². The summed E-state index contributed by atoms with van der Waals surface area (Å²) in [6.45, 7) is -1.07. The summed E-state index contributed by atoms with van der Waals surface area (Å²) in [5, 5.41) is 12.0. The zero-order valence-corrected chi connectivity index (χ0v) is 8.62. The molecule has 0 saturated carbocycles. The van der Waals surface area contributed by atoms with Crippen molar-refractivity contribution in [2.75, 3.05) is 6.54 Å². The molecular formula is C9H6F4N2O3. The number of rotatable bonds is 4. The van der Waals surface area contributed by atoms with Crippen LogP contribution in [0.4, 0.5) is 23.2 Å². The fourth-order valence-corrected chi connectivity index (χ4v) is 1.14. The molecule has 1 aromatic carbocycles. The number of halogens is 4. The molecule has 0 aliphatic heterocycles. The first-order valence-corrected chi connectivity index (χ1v) is 4.52. The summed E-state index contributed by atoms with van der Waals surface area (Å²) in [5.41, 5.74) is -2.24. The third-order valence-electron chi connectivity index (χ3n) is 1.88. The number of hydrogen-bond acceptors (Lipinski definition) is 3. The lowest BCUT2D eigenvalue weighted by atomic mass is 10.1. The fraction of sp³-hybridized carbons (Fsp3) is 0.222. The van der Waals surface area contributed by atoms with Crippen LogP contribution >= 0.6 is 0 Å². The molecule has 0 atom stereocenters. The first-order valence-electron chi connectivity index (χ1n) is 4.52. The minimum Gasteiger partial charge on any atom is -0.346 e. The number of benzene rings is 1. The number of carbonyl (C=O) groups is 1. The maximum Gasteiger partial charge on any atom is 0.308 e. The summed E-state index contributed by atoms with van der Waals surface area (Å²) < 4.78 is 50.0. The Morgan fingerprint density at radius 2 is 2.00 bits per heavy atom. The van der Waals surface area contributed by atoms with Gasteiger partial charge in [-0.1, -0.05) is 0 Å². The van der Waals surface area contributed by atoms with E-state index in [2.05, 4.69) is 0 Å². The lowest BCUT2D eigenvalue weighted by Crippen LogP contribution is -2.29. The van der Waals surface area contributed by atoms with Crippen LogP contribution in [0, 0.1) is 21.7 Å². The number of nitro benzene ring substituents is 1. The van der Waals surface area contributed by atoms with Crippen molar-refractivity contribution in [3.05, 3.63) is 39.4 Å². The molecule has 98 valence electrons. The predicted octanol–water partition coefficient (Wildman–Crippen LogP) is 1.87. The molecule has 0 heterocycles. The largest absolute Gasteiger partial charge is 0.346 e. The molecule has 1 aromatic rings. The molecule has 1 rings (SSSR count). The van der Waals surface area contributed by atoms with Gasteiger partial charge in [-0.2, -0.15) is 4.39 Å². The molecule has 5 nitrogen and oxygen atoms in total. The van der Waals surface area contributed by atoms with Crippen molar-refractivity contribution in [3.8, 4) is 0 Å². The Bertz CT molecular complexity index is 493. The van der Waals surface area contributed by atoms with Crippen molar-refractivity contribution in [2.24, 2.45) is 0 Å². The van der Waals surface area contributed by atoms with Gasteiger partial charge in [0.05, 0.1) is 23.1 Å². The van der Waals surface area contributed by atoms with Crippen LogP contribution in [0.1, 0.15) is 10.4 Å². The Morgan fingerprint density at radius 3 is 2.50 bits per heavy atom. The zero-order chi connectivity index (χ0) is 13.9. The molecule has 0 unspecified atom stereocenters. The molecule has 0 aromatic heterocycles. The van der Waals surface area contributed by atoms with E-state index in [1.165, 1.54) is 0 Å². The summed E-state index contributed by atoms with van der Waals surface area (Å²) in [4.78, 5) is 20.4. The molecule has 9 heteroatoms. The second-order valence-corrected chi connectivity index (χ2v) is 3.14. The van der Waals surface area contributed by atoms with Crippen LogP contribution in [-0.4, -0.2) is 23.8 Å². The van der Waals surface area contributed by atoms with Crippen molar-refractivity contribution >= 4 is 11.6 Å². The molecule has 0 radical (unpaired) electrons. The van der Waals surface area contributed by atoms with Gasteiger partial charge in [0.1, 0.15) is 5.82 Å². The fourth-order valence-electron chi connectivity index (χ4n) is 1.14. The highest BCUT2D eigenvalue weighted by Gasteiger charge is 2.24. The molecule has 0 spiro atoms. The quantitative estimate of drug-likeness (QED) is 0.513. The number of hydrogen-bond donors (Lipinski definition) is 1. The molecule has 0 saturated heterocycles.